The number of amides is 1. The molecule has 0 spiro atoms. The van der Waals surface area contributed by atoms with Crippen LogP contribution < -0.4 is 4.90 Å². The van der Waals surface area contributed by atoms with Crippen molar-refractivity contribution in [3.63, 3.8) is 0 Å². The highest BCUT2D eigenvalue weighted by Gasteiger charge is 2.25. The average molecular weight is 310 g/mol. The van der Waals surface area contributed by atoms with Gasteiger partial charge in [0.2, 0.25) is 11.9 Å². The summed E-state index contributed by atoms with van der Waals surface area (Å²) in [5.74, 6) is -0.355. The molecular weight excluding hydrogens is 292 g/mol. The first kappa shape index (κ1) is 15.4. The number of rotatable bonds is 5. The van der Waals surface area contributed by atoms with Crippen molar-refractivity contribution in [1.29, 1.82) is 0 Å². The smallest absolute Gasteiger partial charge is 0.237 e. The van der Waals surface area contributed by atoms with Gasteiger partial charge in [-0.2, -0.15) is 0 Å². The highest BCUT2D eigenvalue weighted by molar-refractivity contribution is 7.92. The third-order valence-electron chi connectivity index (χ3n) is 3.18. The lowest BCUT2D eigenvalue weighted by atomic mass is 10.3. The summed E-state index contributed by atoms with van der Waals surface area (Å²) >= 11 is 0. The second kappa shape index (κ2) is 6.66. The van der Waals surface area contributed by atoms with Crippen LogP contribution in [0.25, 0.3) is 0 Å². The Hall–Kier alpha value is -1.96. The van der Waals surface area contributed by atoms with E-state index in [-0.39, 0.29) is 11.7 Å². The molecule has 2 heterocycles. The molecule has 0 unspecified atom stereocenters. The van der Waals surface area contributed by atoms with Crippen LogP contribution in [0.15, 0.2) is 31.1 Å². The molecule has 1 fully saturated rings. The first-order valence-electron chi connectivity index (χ1n) is 6.63. The van der Waals surface area contributed by atoms with Gasteiger partial charge in [-0.15, -0.1) is 6.58 Å². The van der Waals surface area contributed by atoms with Crippen LogP contribution in [0.2, 0.25) is 0 Å². The van der Waals surface area contributed by atoms with E-state index in [0.29, 0.717) is 32.1 Å². The molecule has 114 valence electrons. The Balaban J connectivity index is 1.89. The summed E-state index contributed by atoms with van der Waals surface area (Å²) < 4.78 is 23.2. The van der Waals surface area contributed by atoms with E-state index in [9.17, 15) is 13.2 Å². The van der Waals surface area contributed by atoms with E-state index in [1.165, 1.54) is 6.08 Å². The molecule has 2 rings (SSSR count). The molecular formula is C13H18N4O3S. The second-order valence-electron chi connectivity index (χ2n) is 4.76. The van der Waals surface area contributed by atoms with Gasteiger partial charge in [0.1, 0.15) is 5.75 Å². The van der Waals surface area contributed by atoms with E-state index in [1.54, 1.807) is 23.4 Å². The fourth-order valence-corrected chi connectivity index (χ4v) is 3.16. The van der Waals surface area contributed by atoms with Crippen LogP contribution in [0, 0.1) is 0 Å². The van der Waals surface area contributed by atoms with Crippen LogP contribution in [0.3, 0.4) is 0 Å². The van der Waals surface area contributed by atoms with Crippen molar-refractivity contribution in [2.24, 2.45) is 0 Å². The Labute approximate surface area is 124 Å². The van der Waals surface area contributed by atoms with Crippen LogP contribution in [-0.4, -0.2) is 66.9 Å². The Morgan fingerprint density at radius 1 is 1.24 bits per heavy atom. The highest BCUT2D eigenvalue weighted by Crippen LogP contribution is 2.10. The summed E-state index contributed by atoms with van der Waals surface area (Å²) in [7, 11) is -3.39. The third kappa shape index (κ3) is 4.25. The average Bonchev–Trinajstić information content (AvgIpc) is 2.48. The topological polar surface area (TPSA) is 83.5 Å². The first-order valence-corrected chi connectivity index (χ1v) is 8.45. The maximum absolute atomic E-state index is 12.0. The molecule has 1 aromatic rings. The quantitative estimate of drug-likeness (QED) is 0.696. The van der Waals surface area contributed by atoms with Crippen molar-refractivity contribution >= 4 is 21.7 Å². The number of carbonyl (C=O) groups excluding carboxylic acids is 1. The molecule has 0 saturated carbocycles. The highest BCUT2D eigenvalue weighted by atomic mass is 32.2. The molecule has 0 N–H and O–H groups in total. The number of anilines is 1. The zero-order chi connectivity index (χ0) is 15.3. The molecule has 21 heavy (non-hydrogen) atoms. The Morgan fingerprint density at radius 2 is 1.86 bits per heavy atom. The van der Waals surface area contributed by atoms with E-state index in [1.807, 2.05) is 4.90 Å². The maximum Gasteiger partial charge on any atom is 0.237 e. The number of hydrogen-bond acceptors (Lipinski definition) is 6. The molecule has 1 saturated heterocycles. The minimum atomic E-state index is -3.39. The van der Waals surface area contributed by atoms with E-state index in [2.05, 4.69) is 16.5 Å². The van der Waals surface area contributed by atoms with Gasteiger partial charge in [-0.05, 0) is 6.07 Å². The number of sulfone groups is 1. The fourth-order valence-electron chi connectivity index (χ4n) is 2.13. The van der Waals surface area contributed by atoms with E-state index < -0.39 is 15.6 Å². The molecule has 1 aliphatic rings. The van der Waals surface area contributed by atoms with E-state index in [0.717, 1.165) is 0 Å². The lowest BCUT2D eigenvalue weighted by Crippen LogP contribution is -2.50. The van der Waals surface area contributed by atoms with Crippen molar-refractivity contribution in [2.75, 3.05) is 42.6 Å². The van der Waals surface area contributed by atoms with Crippen molar-refractivity contribution in [1.82, 2.24) is 14.9 Å². The molecule has 0 aliphatic carbocycles. The van der Waals surface area contributed by atoms with Gasteiger partial charge in [-0.25, -0.2) is 18.4 Å². The first-order chi connectivity index (χ1) is 10.0. The molecule has 0 aromatic carbocycles. The van der Waals surface area contributed by atoms with Gasteiger partial charge in [-0.3, -0.25) is 4.79 Å². The fraction of sp³-hybridized carbons (Fsp3) is 0.462. The normalized spacial score (nSPS) is 15.8. The number of aromatic nitrogens is 2. The zero-order valence-electron chi connectivity index (χ0n) is 11.7. The summed E-state index contributed by atoms with van der Waals surface area (Å²) in [5, 5.41) is 0. The lowest BCUT2D eigenvalue weighted by Gasteiger charge is -2.34. The molecule has 1 amide bonds. The molecule has 1 aliphatic heterocycles. The predicted octanol–water partition coefficient (Wildman–Crippen LogP) is -0.274. The molecule has 8 heteroatoms. The number of piperazine rings is 1. The van der Waals surface area contributed by atoms with Crippen molar-refractivity contribution in [3.05, 3.63) is 31.1 Å². The summed E-state index contributed by atoms with van der Waals surface area (Å²) in [6.45, 7) is 5.52. The second-order valence-corrected chi connectivity index (χ2v) is 6.87. The van der Waals surface area contributed by atoms with Crippen molar-refractivity contribution in [2.45, 2.75) is 0 Å². The molecule has 0 bridgehead atoms. The lowest BCUT2D eigenvalue weighted by molar-refractivity contribution is -0.128. The summed E-state index contributed by atoms with van der Waals surface area (Å²) in [6, 6.07) is 1.74. The minimum Gasteiger partial charge on any atom is -0.338 e. The Kier molecular flexibility index (Phi) is 4.89. The van der Waals surface area contributed by atoms with E-state index in [4.69, 9.17) is 0 Å². The summed E-state index contributed by atoms with van der Waals surface area (Å²) in [6.07, 6.45) is 4.64. The molecule has 0 radical (unpaired) electrons. The SMILES string of the molecule is C=CCS(=O)(=O)CC(=O)N1CCN(c2ncccn2)CC1. The van der Waals surface area contributed by atoms with Crippen LogP contribution in [0.1, 0.15) is 0 Å². The zero-order valence-corrected chi connectivity index (χ0v) is 12.5. The Morgan fingerprint density at radius 3 is 2.43 bits per heavy atom. The van der Waals surface area contributed by atoms with Gasteiger partial charge in [0.05, 0.1) is 5.75 Å². The van der Waals surface area contributed by atoms with Crippen molar-refractivity contribution in [3.8, 4) is 0 Å². The Bertz CT molecular complexity index is 595. The largest absolute Gasteiger partial charge is 0.338 e. The molecule has 1 aromatic heterocycles. The molecule has 7 nitrogen and oxygen atoms in total. The van der Waals surface area contributed by atoms with Gasteiger partial charge >= 0.3 is 0 Å². The van der Waals surface area contributed by atoms with Crippen molar-refractivity contribution < 1.29 is 13.2 Å². The monoisotopic (exact) mass is 310 g/mol. The minimum absolute atomic E-state index is 0.170. The van der Waals surface area contributed by atoms with Gasteiger partial charge < -0.3 is 9.80 Å². The number of hydrogen-bond donors (Lipinski definition) is 0. The third-order valence-corrected chi connectivity index (χ3v) is 4.61. The summed E-state index contributed by atoms with van der Waals surface area (Å²) in [4.78, 5) is 23.9. The van der Waals surface area contributed by atoms with Crippen LogP contribution in [0.5, 0.6) is 0 Å². The van der Waals surface area contributed by atoms with Gasteiger partial charge in [0.15, 0.2) is 9.84 Å². The summed E-state index contributed by atoms with van der Waals surface area (Å²) in [5.41, 5.74) is 0. The van der Waals surface area contributed by atoms with Gasteiger partial charge in [0.25, 0.3) is 0 Å². The van der Waals surface area contributed by atoms with Crippen LogP contribution >= 0.6 is 0 Å². The number of carbonyl (C=O) groups is 1. The maximum atomic E-state index is 12.0. The van der Waals surface area contributed by atoms with Crippen LogP contribution in [-0.2, 0) is 14.6 Å². The predicted molar refractivity (Wildman–Crippen MR) is 79.7 cm³/mol. The van der Waals surface area contributed by atoms with Gasteiger partial charge in [-0.1, -0.05) is 6.08 Å². The van der Waals surface area contributed by atoms with E-state index >= 15 is 0 Å². The number of nitrogens with zero attached hydrogens (tertiary/aromatic N) is 4. The van der Waals surface area contributed by atoms with Gasteiger partial charge in [0, 0.05) is 38.6 Å². The molecule has 0 atom stereocenters. The standard InChI is InChI=1S/C13H18N4O3S/c1-2-10-21(19,20)11-12(18)16-6-8-17(9-7-16)13-14-4-3-5-15-13/h2-5H,1,6-11H2. The van der Waals surface area contributed by atoms with Crippen LogP contribution in [0.4, 0.5) is 5.95 Å².